The maximum atomic E-state index is 12.2. The summed E-state index contributed by atoms with van der Waals surface area (Å²) in [6.07, 6.45) is 0. The number of carbonyl (C=O) groups is 2. The summed E-state index contributed by atoms with van der Waals surface area (Å²) in [4.78, 5) is 25.7. The van der Waals surface area contributed by atoms with Gasteiger partial charge in [-0.1, -0.05) is 30.3 Å². The maximum Gasteiger partial charge on any atom is 0.344 e. The van der Waals surface area contributed by atoms with Gasteiger partial charge in [-0.2, -0.15) is 0 Å². The van der Waals surface area contributed by atoms with Gasteiger partial charge in [0.2, 0.25) is 0 Å². The molecule has 2 aromatic rings. The lowest BCUT2D eigenvalue weighted by molar-refractivity contribution is -0.155. The molecule has 0 aromatic heterocycles. The van der Waals surface area contributed by atoms with Gasteiger partial charge in [0, 0.05) is 12.1 Å². The molecule has 1 amide bonds. The Morgan fingerprint density at radius 1 is 0.793 bits per heavy atom. The van der Waals surface area contributed by atoms with Crippen molar-refractivity contribution in [3.05, 3.63) is 60.2 Å². The Balaban J connectivity index is 1.73. The van der Waals surface area contributed by atoms with Gasteiger partial charge >= 0.3 is 5.97 Å². The van der Waals surface area contributed by atoms with E-state index in [1.165, 1.54) is 0 Å². The Hall–Kier alpha value is -3.02. The fourth-order valence-corrected chi connectivity index (χ4v) is 2.95. The van der Waals surface area contributed by atoms with E-state index in [-0.39, 0.29) is 31.2 Å². The van der Waals surface area contributed by atoms with E-state index in [0.29, 0.717) is 18.1 Å². The minimum Gasteiger partial charge on any atom is -0.489 e. The third kappa shape index (κ3) is 7.49. The third-order valence-electron chi connectivity index (χ3n) is 4.19. The molecule has 0 bridgehead atoms. The molecule has 6 heteroatoms. The molecule has 2 rings (SSSR count). The average Bonchev–Trinajstić information content (AvgIpc) is 2.70. The van der Waals surface area contributed by atoms with Gasteiger partial charge in [-0.15, -0.1) is 0 Å². The third-order valence-corrected chi connectivity index (χ3v) is 4.19. The van der Waals surface area contributed by atoms with Gasteiger partial charge in [0.1, 0.15) is 18.1 Å². The number of hydrogen-bond acceptors (Lipinski definition) is 5. The van der Waals surface area contributed by atoms with Crippen LogP contribution in [0.25, 0.3) is 0 Å². The summed E-state index contributed by atoms with van der Waals surface area (Å²) < 4.78 is 16.2. The van der Waals surface area contributed by atoms with Crippen LogP contribution < -0.4 is 9.47 Å². The zero-order chi connectivity index (χ0) is 21.2. The second-order valence-electron chi connectivity index (χ2n) is 7.18. The molecule has 0 aliphatic rings. The van der Waals surface area contributed by atoms with E-state index in [4.69, 9.17) is 14.2 Å². The summed E-state index contributed by atoms with van der Waals surface area (Å²) in [6, 6.07) is 17.0. The van der Waals surface area contributed by atoms with Crippen LogP contribution >= 0.6 is 0 Å². The Morgan fingerprint density at radius 2 is 1.34 bits per heavy atom. The molecule has 0 aliphatic heterocycles. The van der Waals surface area contributed by atoms with Crippen LogP contribution in [-0.2, 0) is 20.9 Å². The van der Waals surface area contributed by atoms with Gasteiger partial charge in [0.25, 0.3) is 5.91 Å². The Kier molecular flexibility index (Phi) is 8.52. The molecule has 156 valence electrons. The molecule has 29 heavy (non-hydrogen) atoms. The van der Waals surface area contributed by atoms with Crippen LogP contribution in [0.1, 0.15) is 33.3 Å². The van der Waals surface area contributed by atoms with Crippen molar-refractivity contribution in [3.8, 4) is 11.5 Å². The van der Waals surface area contributed by atoms with Crippen molar-refractivity contribution >= 4 is 11.9 Å². The molecule has 0 aliphatic carbocycles. The standard InChI is InChI=1S/C23H29NO5/c1-17(2)24(18(3)4)22(25)15-29-23(26)16-28-21-12-10-20(11-13-21)27-14-19-8-6-5-7-9-19/h5-13,17-18H,14-16H2,1-4H3. The van der Waals surface area contributed by atoms with Crippen LogP contribution in [-0.4, -0.2) is 42.1 Å². The first-order valence-corrected chi connectivity index (χ1v) is 9.73. The van der Waals surface area contributed by atoms with Gasteiger partial charge < -0.3 is 19.1 Å². The second kappa shape index (κ2) is 11.1. The molecule has 6 nitrogen and oxygen atoms in total. The normalized spacial score (nSPS) is 10.7. The summed E-state index contributed by atoms with van der Waals surface area (Å²) in [6.45, 7) is 7.63. The SMILES string of the molecule is CC(C)N(C(=O)COC(=O)COc1ccc(OCc2ccccc2)cc1)C(C)C. The van der Waals surface area contributed by atoms with Crippen molar-refractivity contribution < 1.29 is 23.8 Å². The van der Waals surface area contributed by atoms with Crippen molar-refractivity contribution in [1.29, 1.82) is 0 Å². The van der Waals surface area contributed by atoms with Crippen LogP contribution in [0.15, 0.2) is 54.6 Å². The van der Waals surface area contributed by atoms with Crippen LogP contribution in [0.3, 0.4) is 0 Å². The zero-order valence-electron chi connectivity index (χ0n) is 17.5. The molecule has 0 saturated heterocycles. The van der Waals surface area contributed by atoms with Crippen molar-refractivity contribution in [2.24, 2.45) is 0 Å². The van der Waals surface area contributed by atoms with E-state index in [0.717, 1.165) is 5.56 Å². The zero-order valence-corrected chi connectivity index (χ0v) is 17.5. The first kappa shape index (κ1) is 22.3. The molecule has 0 saturated carbocycles. The fourth-order valence-electron chi connectivity index (χ4n) is 2.95. The molecule has 0 fully saturated rings. The second-order valence-corrected chi connectivity index (χ2v) is 7.18. The Bertz CT molecular complexity index is 764. The predicted molar refractivity (Wildman–Crippen MR) is 111 cm³/mol. The lowest BCUT2D eigenvalue weighted by Crippen LogP contribution is -2.44. The predicted octanol–water partition coefficient (Wildman–Crippen LogP) is 3.83. The van der Waals surface area contributed by atoms with Gasteiger partial charge in [-0.3, -0.25) is 4.79 Å². The summed E-state index contributed by atoms with van der Waals surface area (Å²) in [5.74, 6) is 0.418. The lowest BCUT2D eigenvalue weighted by atomic mass is 10.2. The summed E-state index contributed by atoms with van der Waals surface area (Å²) in [5, 5.41) is 0. The topological polar surface area (TPSA) is 65.1 Å². The van der Waals surface area contributed by atoms with Gasteiger partial charge in [0.15, 0.2) is 13.2 Å². The van der Waals surface area contributed by atoms with E-state index in [1.807, 2.05) is 58.0 Å². The first-order chi connectivity index (χ1) is 13.9. The van der Waals surface area contributed by atoms with Crippen LogP contribution in [0.2, 0.25) is 0 Å². The van der Waals surface area contributed by atoms with Crippen molar-refractivity contribution in [3.63, 3.8) is 0 Å². The van der Waals surface area contributed by atoms with E-state index < -0.39 is 5.97 Å². The highest BCUT2D eigenvalue weighted by molar-refractivity contribution is 5.81. The first-order valence-electron chi connectivity index (χ1n) is 9.73. The van der Waals surface area contributed by atoms with E-state index in [1.54, 1.807) is 29.2 Å². The number of hydrogen-bond donors (Lipinski definition) is 0. The van der Waals surface area contributed by atoms with Gasteiger partial charge in [0.05, 0.1) is 0 Å². The van der Waals surface area contributed by atoms with E-state index >= 15 is 0 Å². The van der Waals surface area contributed by atoms with Crippen LogP contribution in [0.4, 0.5) is 0 Å². The highest BCUT2D eigenvalue weighted by Gasteiger charge is 2.21. The quantitative estimate of drug-likeness (QED) is 0.568. The molecule has 0 radical (unpaired) electrons. The minimum atomic E-state index is -0.588. The molecular formula is C23H29NO5. The molecule has 0 atom stereocenters. The smallest absolute Gasteiger partial charge is 0.344 e. The Labute approximate surface area is 172 Å². The van der Waals surface area contributed by atoms with Crippen LogP contribution in [0.5, 0.6) is 11.5 Å². The monoisotopic (exact) mass is 399 g/mol. The van der Waals surface area contributed by atoms with Crippen molar-refractivity contribution in [1.82, 2.24) is 4.90 Å². The molecule has 2 aromatic carbocycles. The highest BCUT2D eigenvalue weighted by atomic mass is 16.6. The van der Waals surface area contributed by atoms with E-state index in [2.05, 4.69) is 0 Å². The maximum absolute atomic E-state index is 12.2. The van der Waals surface area contributed by atoms with Crippen molar-refractivity contribution in [2.45, 2.75) is 46.4 Å². The number of ether oxygens (including phenoxy) is 3. The number of rotatable bonds is 10. The molecule has 0 heterocycles. The lowest BCUT2D eigenvalue weighted by Gasteiger charge is -2.30. The molecule has 0 spiro atoms. The molecule has 0 unspecified atom stereocenters. The number of benzene rings is 2. The number of amides is 1. The largest absolute Gasteiger partial charge is 0.489 e. The van der Waals surface area contributed by atoms with Crippen molar-refractivity contribution in [2.75, 3.05) is 13.2 Å². The van der Waals surface area contributed by atoms with Crippen LogP contribution in [0, 0.1) is 0 Å². The van der Waals surface area contributed by atoms with Gasteiger partial charge in [-0.05, 0) is 57.5 Å². The number of esters is 1. The highest BCUT2D eigenvalue weighted by Crippen LogP contribution is 2.18. The average molecular weight is 399 g/mol. The summed E-state index contributed by atoms with van der Waals surface area (Å²) in [5.41, 5.74) is 1.08. The Morgan fingerprint density at radius 3 is 1.90 bits per heavy atom. The molecule has 0 N–H and O–H groups in total. The molecular weight excluding hydrogens is 370 g/mol. The fraction of sp³-hybridized carbons (Fsp3) is 0.391. The number of carbonyl (C=O) groups excluding carboxylic acids is 2. The number of nitrogens with zero attached hydrogens (tertiary/aromatic N) is 1. The van der Waals surface area contributed by atoms with E-state index in [9.17, 15) is 9.59 Å². The summed E-state index contributed by atoms with van der Waals surface area (Å²) in [7, 11) is 0. The minimum absolute atomic E-state index is 0.0417. The van der Waals surface area contributed by atoms with Gasteiger partial charge in [-0.25, -0.2) is 4.79 Å². The summed E-state index contributed by atoms with van der Waals surface area (Å²) >= 11 is 0.